The first kappa shape index (κ1) is 13.7. The van der Waals surface area contributed by atoms with Gasteiger partial charge in [-0.25, -0.2) is 0 Å². The maximum absolute atomic E-state index is 10.7. The fourth-order valence-corrected chi connectivity index (χ4v) is 2.38. The molecule has 0 bridgehead atoms. The largest absolute Gasteiger partial charge is 0.481 e. The van der Waals surface area contributed by atoms with Gasteiger partial charge in [-0.15, -0.1) is 0 Å². The fraction of sp³-hybridized carbons (Fsp3) is 0.438. The molecule has 0 aliphatic rings. The molecule has 0 aliphatic carbocycles. The van der Waals surface area contributed by atoms with Crippen LogP contribution in [0.4, 0.5) is 0 Å². The van der Waals surface area contributed by atoms with Crippen LogP contribution in [0.15, 0.2) is 30.5 Å². The van der Waals surface area contributed by atoms with Crippen LogP contribution in [0.5, 0.6) is 0 Å². The van der Waals surface area contributed by atoms with E-state index in [4.69, 9.17) is 5.11 Å². The molecule has 1 N–H and O–H groups in total. The van der Waals surface area contributed by atoms with E-state index in [1.807, 2.05) is 12.1 Å². The van der Waals surface area contributed by atoms with E-state index >= 15 is 0 Å². The lowest BCUT2D eigenvalue weighted by Crippen LogP contribution is -2.05. The minimum absolute atomic E-state index is 0.192. The molecule has 2 aromatic rings. The standard InChI is InChI=1S/C16H21NO2/c1-3-12(2)10-17-11-13(8-9-16(18)19)14-6-4-5-7-15(14)17/h4-7,11-12H,3,8-10H2,1-2H3,(H,18,19). The second-order valence-electron chi connectivity index (χ2n) is 5.23. The zero-order valence-electron chi connectivity index (χ0n) is 11.6. The summed E-state index contributed by atoms with van der Waals surface area (Å²) in [5, 5.41) is 10.0. The van der Waals surface area contributed by atoms with Crippen molar-refractivity contribution in [1.82, 2.24) is 4.57 Å². The molecule has 3 nitrogen and oxygen atoms in total. The average Bonchev–Trinajstić information content (AvgIpc) is 2.75. The van der Waals surface area contributed by atoms with Gasteiger partial charge in [0.2, 0.25) is 0 Å². The molecule has 19 heavy (non-hydrogen) atoms. The lowest BCUT2D eigenvalue weighted by molar-refractivity contribution is -0.136. The Kier molecular flexibility index (Phi) is 4.25. The summed E-state index contributed by atoms with van der Waals surface area (Å²) in [6, 6.07) is 8.25. The van der Waals surface area contributed by atoms with Gasteiger partial charge in [0.15, 0.2) is 0 Å². The van der Waals surface area contributed by atoms with Gasteiger partial charge in [-0.3, -0.25) is 4.79 Å². The molecule has 1 heterocycles. The van der Waals surface area contributed by atoms with Gasteiger partial charge in [-0.05, 0) is 24.0 Å². The Balaban J connectivity index is 2.33. The van der Waals surface area contributed by atoms with E-state index in [-0.39, 0.29) is 6.42 Å². The second kappa shape index (κ2) is 5.91. The summed E-state index contributed by atoms with van der Waals surface area (Å²) < 4.78 is 2.26. The zero-order chi connectivity index (χ0) is 13.8. The van der Waals surface area contributed by atoms with Gasteiger partial charge in [0.05, 0.1) is 0 Å². The number of aryl methyl sites for hydroxylation is 1. The highest BCUT2D eigenvalue weighted by Gasteiger charge is 2.10. The number of para-hydroxylation sites is 1. The number of hydrogen-bond acceptors (Lipinski definition) is 1. The van der Waals surface area contributed by atoms with Crippen LogP contribution >= 0.6 is 0 Å². The zero-order valence-corrected chi connectivity index (χ0v) is 11.6. The first-order valence-electron chi connectivity index (χ1n) is 6.90. The number of fused-ring (bicyclic) bond motifs is 1. The van der Waals surface area contributed by atoms with Crippen molar-refractivity contribution in [3.8, 4) is 0 Å². The Bertz CT molecular complexity index is 571. The third kappa shape index (κ3) is 3.16. The highest BCUT2D eigenvalue weighted by molar-refractivity contribution is 5.84. The predicted molar refractivity (Wildman–Crippen MR) is 77.3 cm³/mol. The van der Waals surface area contributed by atoms with Gasteiger partial charge in [-0.1, -0.05) is 38.5 Å². The molecule has 1 aromatic heterocycles. The monoisotopic (exact) mass is 259 g/mol. The normalized spacial score (nSPS) is 12.7. The fourth-order valence-electron chi connectivity index (χ4n) is 2.38. The number of benzene rings is 1. The number of hydrogen-bond donors (Lipinski definition) is 1. The van der Waals surface area contributed by atoms with E-state index in [0.717, 1.165) is 18.5 Å². The Morgan fingerprint density at radius 2 is 2.11 bits per heavy atom. The predicted octanol–water partition coefficient (Wildman–Crippen LogP) is 3.70. The van der Waals surface area contributed by atoms with Gasteiger partial charge in [0.25, 0.3) is 0 Å². The van der Waals surface area contributed by atoms with Crippen molar-refractivity contribution in [2.24, 2.45) is 5.92 Å². The molecule has 0 radical (unpaired) electrons. The van der Waals surface area contributed by atoms with Gasteiger partial charge in [0, 0.05) is 30.1 Å². The van der Waals surface area contributed by atoms with Crippen LogP contribution < -0.4 is 0 Å². The van der Waals surface area contributed by atoms with Crippen LogP contribution in [-0.4, -0.2) is 15.6 Å². The molecule has 0 spiro atoms. The molecule has 1 aromatic carbocycles. The Hall–Kier alpha value is -1.77. The summed E-state index contributed by atoms with van der Waals surface area (Å²) in [6.45, 7) is 5.43. The van der Waals surface area contributed by atoms with E-state index in [1.54, 1.807) is 0 Å². The Morgan fingerprint density at radius 1 is 1.37 bits per heavy atom. The summed E-state index contributed by atoms with van der Waals surface area (Å²) >= 11 is 0. The highest BCUT2D eigenvalue weighted by atomic mass is 16.4. The minimum Gasteiger partial charge on any atom is -0.481 e. The molecule has 1 unspecified atom stereocenters. The molecule has 2 rings (SSSR count). The van der Waals surface area contributed by atoms with Crippen LogP contribution in [-0.2, 0) is 17.8 Å². The summed E-state index contributed by atoms with van der Waals surface area (Å²) in [5.74, 6) is -0.109. The van der Waals surface area contributed by atoms with Crippen molar-refractivity contribution >= 4 is 16.9 Å². The van der Waals surface area contributed by atoms with Crippen molar-refractivity contribution in [3.05, 3.63) is 36.0 Å². The third-order valence-electron chi connectivity index (χ3n) is 3.68. The van der Waals surface area contributed by atoms with Crippen LogP contribution in [0.2, 0.25) is 0 Å². The first-order chi connectivity index (χ1) is 9.11. The Labute approximate surface area is 113 Å². The van der Waals surface area contributed by atoms with E-state index in [1.165, 1.54) is 10.9 Å². The number of carboxylic acids is 1. The summed E-state index contributed by atoms with van der Waals surface area (Å²) in [5.41, 5.74) is 2.35. The topological polar surface area (TPSA) is 42.2 Å². The van der Waals surface area contributed by atoms with Gasteiger partial charge in [0.1, 0.15) is 0 Å². The van der Waals surface area contributed by atoms with Gasteiger partial charge in [-0.2, -0.15) is 0 Å². The van der Waals surface area contributed by atoms with Crippen molar-refractivity contribution < 1.29 is 9.90 Å². The molecular formula is C16H21NO2. The average molecular weight is 259 g/mol. The van der Waals surface area contributed by atoms with Crippen LogP contribution in [0, 0.1) is 5.92 Å². The molecule has 1 atom stereocenters. The number of carboxylic acid groups (broad SMARTS) is 1. The molecule has 0 amide bonds. The van der Waals surface area contributed by atoms with Crippen LogP contribution in [0.1, 0.15) is 32.3 Å². The van der Waals surface area contributed by atoms with Crippen molar-refractivity contribution in [3.63, 3.8) is 0 Å². The van der Waals surface area contributed by atoms with Crippen molar-refractivity contribution in [1.29, 1.82) is 0 Å². The summed E-state index contributed by atoms with van der Waals surface area (Å²) in [7, 11) is 0. The summed E-state index contributed by atoms with van der Waals surface area (Å²) in [6.07, 6.45) is 4.07. The maximum atomic E-state index is 10.7. The molecule has 0 saturated heterocycles. The summed E-state index contributed by atoms with van der Waals surface area (Å²) in [4.78, 5) is 10.7. The number of carbonyl (C=O) groups is 1. The highest BCUT2D eigenvalue weighted by Crippen LogP contribution is 2.24. The number of aromatic nitrogens is 1. The van der Waals surface area contributed by atoms with Crippen LogP contribution in [0.25, 0.3) is 10.9 Å². The van der Waals surface area contributed by atoms with E-state index < -0.39 is 5.97 Å². The number of nitrogens with zero attached hydrogens (tertiary/aromatic N) is 1. The van der Waals surface area contributed by atoms with Gasteiger partial charge >= 0.3 is 5.97 Å². The lowest BCUT2D eigenvalue weighted by Gasteiger charge is -2.10. The quantitative estimate of drug-likeness (QED) is 0.859. The van der Waals surface area contributed by atoms with Crippen molar-refractivity contribution in [2.45, 2.75) is 39.7 Å². The van der Waals surface area contributed by atoms with E-state index in [0.29, 0.717) is 12.3 Å². The van der Waals surface area contributed by atoms with Crippen molar-refractivity contribution in [2.75, 3.05) is 0 Å². The number of aliphatic carboxylic acids is 1. The smallest absolute Gasteiger partial charge is 0.303 e. The Morgan fingerprint density at radius 3 is 2.79 bits per heavy atom. The second-order valence-corrected chi connectivity index (χ2v) is 5.23. The minimum atomic E-state index is -0.737. The first-order valence-corrected chi connectivity index (χ1v) is 6.90. The maximum Gasteiger partial charge on any atom is 0.303 e. The molecule has 0 saturated carbocycles. The lowest BCUT2D eigenvalue weighted by atomic mass is 10.1. The van der Waals surface area contributed by atoms with Crippen LogP contribution in [0.3, 0.4) is 0 Å². The number of rotatable bonds is 6. The molecule has 102 valence electrons. The molecule has 3 heteroatoms. The molecule has 0 aliphatic heterocycles. The SMILES string of the molecule is CCC(C)Cn1cc(CCC(=O)O)c2ccccc21. The molecule has 0 fully saturated rings. The van der Waals surface area contributed by atoms with E-state index in [2.05, 4.69) is 36.7 Å². The van der Waals surface area contributed by atoms with E-state index in [9.17, 15) is 4.79 Å². The van der Waals surface area contributed by atoms with Gasteiger partial charge < -0.3 is 9.67 Å². The molecular weight excluding hydrogens is 238 g/mol. The third-order valence-corrected chi connectivity index (χ3v) is 3.68.